The lowest BCUT2D eigenvalue weighted by molar-refractivity contribution is 0.0945. The van der Waals surface area contributed by atoms with Crippen LogP contribution in [0.15, 0.2) is 30.6 Å². The van der Waals surface area contributed by atoms with E-state index in [0.717, 1.165) is 25.1 Å². The van der Waals surface area contributed by atoms with Crippen LogP contribution >= 0.6 is 0 Å². The number of rotatable bonds is 5. The Labute approximate surface area is 146 Å². The number of nitriles is 1. The Balaban J connectivity index is 1.66. The molecule has 0 radical (unpaired) electrons. The van der Waals surface area contributed by atoms with E-state index in [1.54, 1.807) is 31.5 Å². The average Bonchev–Trinajstić information content (AvgIpc) is 3.13. The van der Waals surface area contributed by atoms with Gasteiger partial charge in [-0.15, -0.1) is 0 Å². The van der Waals surface area contributed by atoms with Crippen molar-refractivity contribution in [2.24, 2.45) is 0 Å². The Hall–Kier alpha value is -2.98. The van der Waals surface area contributed by atoms with Gasteiger partial charge in [0.15, 0.2) is 0 Å². The molecule has 1 aliphatic rings. The number of nitrogens with zero attached hydrogens (tertiary/aromatic N) is 3. The smallest absolute Gasteiger partial charge is 0.270 e. The summed E-state index contributed by atoms with van der Waals surface area (Å²) in [6.07, 6.45) is 4.42. The summed E-state index contributed by atoms with van der Waals surface area (Å²) in [7, 11) is 0. The van der Waals surface area contributed by atoms with Crippen LogP contribution in [0.3, 0.4) is 0 Å². The van der Waals surface area contributed by atoms with Crippen LogP contribution in [-0.2, 0) is 6.54 Å². The highest BCUT2D eigenvalue weighted by molar-refractivity contribution is 5.92. The number of aryl methyl sites for hydroxylation is 1. The van der Waals surface area contributed by atoms with E-state index in [2.05, 4.69) is 20.6 Å². The van der Waals surface area contributed by atoms with Crippen LogP contribution < -0.4 is 15.4 Å². The third-order valence-corrected chi connectivity index (χ3v) is 4.06. The van der Waals surface area contributed by atoms with E-state index < -0.39 is 0 Å². The van der Waals surface area contributed by atoms with Gasteiger partial charge < -0.3 is 15.4 Å². The zero-order valence-electron chi connectivity index (χ0n) is 14.0. The van der Waals surface area contributed by atoms with Crippen molar-refractivity contribution >= 4 is 5.91 Å². The van der Waals surface area contributed by atoms with Gasteiger partial charge in [-0.05, 0) is 38.1 Å². The van der Waals surface area contributed by atoms with Gasteiger partial charge in [-0.1, -0.05) is 0 Å². The number of carbonyl (C=O) groups excluding carboxylic acids is 1. The first-order valence-electron chi connectivity index (χ1n) is 8.13. The Bertz CT molecular complexity index is 809. The first-order chi connectivity index (χ1) is 12.2. The van der Waals surface area contributed by atoms with Gasteiger partial charge in [0.2, 0.25) is 0 Å². The minimum Gasteiger partial charge on any atom is -0.487 e. The minimum atomic E-state index is -0.294. The number of pyridine rings is 2. The highest BCUT2D eigenvalue weighted by Gasteiger charge is 2.18. The number of nitrogens with one attached hydrogen (secondary N) is 2. The van der Waals surface area contributed by atoms with Crippen LogP contribution in [-0.4, -0.2) is 35.1 Å². The highest BCUT2D eigenvalue weighted by Crippen LogP contribution is 2.19. The predicted octanol–water partition coefficient (Wildman–Crippen LogP) is 1.33. The molecule has 7 nitrogen and oxygen atoms in total. The molecule has 128 valence electrons. The summed E-state index contributed by atoms with van der Waals surface area (Å²) < 4.78 is 5.97. The zero-order valence-corrected chi connectivity index (χ0v) is 14.0. The molecule has 2 N–H and O–H groups in total. The van der Waals surface area contributed by atoms with Crippen molar-refractivity contribution in [3.8, 4) is 11.8 Å². The van der Waals surface area contributed by atoms with E-state index in [-0.39, 0.29) is 17.7 Å². The number of aromatic nitrogens is 2. The molecular weight excluding hydrogens is 318 g/mol. The Morgan fingerprint density at radius 1 is 1.48 bits per heavy atom. The number of ether oxygens (including phenoxy) is 1. The number of amides is 1. The van der Waals surface area contributed by atoms with Gasteiger partial charge in [-0.3, -0.25) is 9.78 Å². The second-order valence-corrected chi connectivity index (χ2v) is 5.84. The lowest BCUT2D eigenvalue weighted by Crippen LogP contribution is -2.25. The molecule has 1 amide bonds. The van der Waals surface area contributed by atoms with Crippen LogP contribution in [0.2, 0.25) is 0 Å². The summed E-state index contributed by atoms with van der Waals surface area (Å²) >= 11 is 0. The first kappa shape index (κ1) is 16.9. The fourth-order valence-electron chi connectivity index (χ4n) is 2.64. The van der Waals surface area contributed by atoms with E-state index in [1.807, 2.05) is 12.1 Å². The van der Waals surface area contributed by atoms with Crippen molar-refractivity contribution in [3.05, 3.63) is 53.1 Å². The standard InChI is InChI=1S/C18H19N5O2/c1-12-13(8-19)2-3-16(23-12)18(24)22-9-14-4-6-21-11-17(14)25-15-5-7-20-10-15/h2-4,6,11,15,20H,5,7,9-10H2,1H3,(H,22,24)/t15-/m0/s1. The lowest BCUT2D eigenvalue weighted by Gasteiger charge is -2.15. The van der Waals surface area contributed by atoms with Gasteiger partial charge in [0.05, 0.1) is 17.5 Å². The monoisotopic (exact) mass is 337 g/mol. The summed E-state index contributed by atoms with van der Waals surface area (Å²) in [4.78, 5) is 20.6. The molecule has 2 aromatic rings. The van der Waals surface area contributed by atoms with E-state index >= 15 is 0 Å². The maximum Gasteiger partial charge on any atom is 0.270 e. The average molecular weight is 337 g/mol. The van der Waals surface area contributed by atoms with E-state index in [0.29, 0.717) is 23.6 Å². The van der Waals surface area contributed by atoms with Crippen molar-refractivity contribution in [1.82, 2.24) is 20.6 Å². The molecule has 3 rings (SSSR count). The largest absolute Gasteiger partial charge is 0.487 e. The normalized spacial score (nSPS) is 16.2. The van der Waals surface area contributed by atoms with Crippen molar-refractivity contribution in [2.75, 3.05) is 13.1 Å². The molecule has 7 heteroatoms. The van der Waals surface area contributed by atoms with Gasteiger partial charge in [0, 0.05) is 24.8 Å². The lowest BCUT2D eigenvalue weighted by atomic mass is 10.2. The van der Waals surface area contributed by atoms with Crippen LogP contribution in [0, 0.1) is 18.3 Å². The third kappa shape index (κ3) is 4.11. The van der Waals surface area contributed by atoms with E-state index in [4.69, 9.17) is 10.00 Å². The summed E-state index contributed by atoms with van der Waals surface area (Å²) in [6, 6.07) is 7.02. The molecule has 1 atom stereocenters. The summed E-state index contributed by atoms with van der Waals surface area (Å²) in [5.41, 5.74) is 2.15. The van der Waals surface area contributed by atoms with Crippen LogP contribution in [0.5, 0.6) is 5.75 Å². The summed E-state index contributed by atoms with van der Waals surface area (Å²) in [5.74, 6) is 0.387. The Kier molecular flexibility index (Phi) is 5.21. The molecule has 1 saturated heterocycles. The van der Waals surface area contributed by atoms with Gasteiger partial charge in [0.25, 0.3) is 5.91 Å². The second-order valence-electron chi connectivity index (χ2n) is 5.84. The second kappa shape index (κ2) is 7.73. The Morgan fingerprint density at radius 2 is 2.36 bits per heavy atom. The fourth-order valence-corrected chi connectivity index (χ4v) is 2.64. The molecule has 1 aliphatic heterocycles. The minimum absolute atomic E-state index is 0.126. The molecule has 3 heterocycles. The van der Waals surface area contributed by atoms with Crippen molar-refractivity contribution in [2.45, 2.75) is 26.0 Å². The van der Waals surface area contributed by atoms with Crippen molar-refractivity contribution in [3.63, 3.8) is 0 Å². The molecule has 2 aromatic heterocycles. The van der Waals surface area contributed by atoms with Gasteiger partial charge in [-0.2, -0.15) is 5.26 Å². The molecule has 25 heavy (non-hydrogen) atoms. The molecule has 0 unspecified atom stereocenters. The van der Waals surface area contributed by atoms with Gasteiger partial charge in [-0.25, -0.2) is 4.98 Å². The first-order valence-corrected chi connectivity index (χ1v) is 8.13. The molecule has 0 aliphatic carbocycles. The van der Waals surface area contributed by atoms with Crippen molar-refractivity contribution in [1.29, 1.82) is 5.26 Å². The maximum absolute atomic E-state index is 12.3. The summed E-state index contributed by atoms with van der Waals surface area (Å²) in [6.45, 7) is 3.78. The third-order valence-electron chi connectivity index (χ3n) is 4.06. The summed E-state index contributed by atoms with van der Waals surface area (Å²) in [5, 5.41) is 15.0. The number of carbonyl (C=O) groups is 1. The van der Waals surface area contributed by atoms with Gasteiger partial charge >= 0.3 is 0 Å². The van der Waals surface area contributed by atoms with Crippen LogP contribution in [0.1, 0.15) is 33.7 Å². The molecule has 0 bridgehead atoms. The van der Waals surface area contributed by atoms with Crippen molar-refractivity contribution < 1.29 is 9.53 Å². The molecular formula is C18H19N5O2. The quantitative estimate of drug-likeness (QED) is 0.854. The number of hydrogen-bond donors (Lipinski definition) is 2. The molecule has 1 fully saturated rings. The molecule has 0 aromatic carbocycles. The fraction of sp³-hybridized carbons (Fsp3) is 0.333. The molecule has 0 saturated carbocycles. The zero-order chi connectivity index (χ0) is 17.6. The topological polar surface area (TPSA) is 99.9 Å². The van der Waals surface area contributed by atoms with Crippen LogP contribution in [0.25, 0.3) is 0 Å². The number of hydrogen-bond acceptors (Lipinski definition) is 6. The Morgan fingerprint density at radius 3 is 3.08 bits per heavy atom. The predicted molar refractivity (Wildman–Crippen MR) is 91.0 cm³/mol. The van der Waals surface area contributed by atoms with Gasteiger partial charge in [0.1, 0.15) is 23.6 Å². The molecule has 0 spiro atoms. The SMILES string of the molecule is Cc1nc(C(=O)NCc2ccncc2O[C@H]2CCNC2)ccc1C#N. The van der Waals surface area contributed by atoms with E-state index in [9.17, 15) is 4.79 Å². The van der Waals surface area contributed by atoms with E-state index in [1.165, 1.54) is 0 Å². The van der Waals surface area contributed by atoms with Crippen LogP contribution in [0.4, 0.5) is 0 Å². The highest BCUT2D eigenvalue weighted by atomic mass is 16.5. The maximum atomic E-state index is 12.3.